The minimum atomic E-state index is -3.64. The van der Waals surface area contributed by atoms with Gasteiger partial charge in [-0.1, -0.05) is 44.1 Å². The Morgan fingerprint density at radius 3 is 2.52 bits per heavy atom. The van der Waals surface area contributed by atoms with E-state index in [9.17, 15) is 8.42 Å². The normalized spacial score (nSPS) is 12.2. The Balaban J connectivity index is 1.83. The Morgan fingerprint density at radius 1 is 1.19 bits per heavy atom. The van der Waals surface area contributed by atoms with E-state index < -0.39 is 10.0 Å². The average Bonchev–Trinajstić information content (AvgIpc) is 3.33. The molecule has 1 aromatic carbocycles. The standard InChI is InChI=1S/C19H23N3O3S2/c1-4-11-22(13-18-20-19(21-25-18)17-6-5-12-26-17)27(23,24)16-9-7-15(8-10-16)14(2)3/h5-10,12,14H,4,11,13H2,1-3H3. The van der Waals surface area contributed by atoms with E-state index in [1.165, 1.54) is 15.6 Å². The Morgan fingerprint density at radius 2 is 1.93 bits per heavy atom. The molecule has 0 bridgehead atoms. The molecule has 0 aliphatic rings. The second-order valence-corrected chi connectivity index (χ2v) is 9.44. The highest BCUT2D eigenvalue weighted by molar-refractivity contribution is 7.89. The first-order chi connectivity index (χ1) is 12.9. The topological polar surface area (TPSA) is 76.3 Å². The number of benzene rings is 1. The number of hydrogen-bond donors (Lipinski definition) is 0. The van der Waals surface area contributed by atoms with Crippen LogP contribution in [0.4, 0.5) is 0 Å². The molecular formula is C19H23N3O3S2. The lowest BCUT2D eigenvalue weighted by molar-refractivity contribution is 0.315. The molecule has 0 fully saturated rings. The van der Waals surface area contributed by atoms with Crippen LogP contribution >= 0.6 is 11.3 Å². The summed E-state index contributed by atoms with van der Waals surface area (Å²) >= 11 is 1.51. The lowest BCUT2D eigenvalue weighted by atomic mass is 10.0. The molecule has 0 unspecified atom stereocenters. The summed E-state index contributed by atoms with van der Waals surface area (Å²) in [6, 6.07) is 10.9. The van der Waals surface area contributed by atoms with Crippen LogP contribution < -0.4 is 0 Å². The molecular weight excluding hydrogens is 382 g/mol. The summed E-state index contributed by atoms with van der Waals surface area (Å²) in [5, 5.41) is 5.89. The molecule has 0 saturated carbocycles. The van der Waals surface area contributed by atoms with Crippen molar-refractivity contribution in [3.05, 3.63) is 53.2 Å². The Kier molecular flexibility index (Phi) is 6.08. The number of rotatable bonds is 8. The van der Waals surface area contributed by atoms with Gasteiger partial charge in [0.2, 0.25) is 21.7 Å². The highest BCUT2D eigenvalue weighted by atomic mass is 32.2. The van der Waals surface area contributed by atoms with Crippen LogP contribution in [0.15, 0.2) is 51.2 Å². The SMILES string of the molecule is CCCN(Cc1nc(-c2cccs2)no1)S(=O)(=O)c1ccc(C(C)C)cc1. The van der Waals surface area contributed by atoms with Gasteiger partial charge in [-0.15, -0.1) is 11.3 Å². The molecule has 0 saturated heterocycles. The lowest BCUT2D eigenvalue weighted by Crippen LogP contribution is -2.31. The van der Waals surface area contributed by atoms with E-state index in [0.717, 1.165) is 10.4 Å². The molecule has 0 atom stereocenters. The van der Waals surface area contributed by atoms with Gasteiger partial charge >= 0.3 is 0 Å². The largest absolute Gasteiger partial charge is 0.337 e. The first-order valence-electron chi connectivity index (χ1n) is 8.88. The van der Waals surface area contributed by atoms with E-state index >= 15 is 0 Å². The van der Waals surface area contributed by atoms with Gasteiger partial charge in [-0.25, -0.2) is 8.42 Å². The van der Waals surface area contributed by atoms with Crippen LogP contribution in [-0.2, 0) is 16.6 Å². The van der Waals surface area contributed by atoms with Crippen LogP contribution in [0.1, 0.15) is 44.6 Å². The van der Waals surface area contributed by atoms with Crippen LogP contribution in [0.5, 0.6) is 0 Å². The quantitative estimate of drug-likeness (QED) is 0.551. The minimum absolute atomic E-state index is 0.0560. The number of hydrogen-bond acceptors (Lipinski definition) is 6. The van der Waals surface area contributed by atoms with Crippen molar-refractivity contribution in [3.8, 4) is 10.7 Å². The zero-order valence-electron chi connectivity index (χ0n) is 15.6. The third-order valence-corrected chi connectivity index (χ3v) is 6.90. The Bertz CT molecular complexity index is 962. The molecule has 3 rings (SSSR count). The number of sulfonamides is 1. The van der Waals surface area contributed by atoms with E-state index in [1.807, 2.05) is 36.6 Å². The number of thiophene rings is 1. The highest BCUT2D eigenvalue weighted by Crippen LogP contribution is 2.24. The maximum atomic E-state index is 13.1. The lowest BCUT2D eigenvalue weighted by Gasteiger charge is -2.20. The van der Waals surface area contributed by atoms with E-state index in [-0.39, 0.29) is 17.3 Å². The Hall–Kier alpha value is -2.03. The maximum absolute atomic E-state index is 13.1. The molecule has 0 N–H and O–H groups in total. The molecule has 144 valence electrons. The van der Waals surface area contributed by atoms with E-state index in [1.54, 1.807) is 12.1 Å². The second-order valence-electron chi connectivity index (χ2n) is 6.55. The maximum Gasteiger partial charge on any atom is 0.243 e. The fourth-order valence-corrected chi connectivity index (χ4v) is 4.81. The summed E-state index contributed by atoms with van der Waals surface area (Å²) in [6.07, 6.45) is 0.690. The summed E-state index contributed by atoms with van der Waals surface area (Å²) in [5.41, 5.74) is 1.11. The predicted molar refractivity (Wildman–Crippen MR) is 106 cm³/mol. The van der Waals surface area contributed by atoms with Crippen molar-refractivity contribution < 1.29 is 12.9 Å². The minimum Gasteiger partial charge on any atom is -0.337 e. The van der Waals surface area contributed by atoms with Gasteiger partial charge in [-0.2, -0.15) is 9.29 Å². The van der Waals surface area contributed by atoms with Gasteiger partial charge in [0.15, 0.2) is 0 Å². The molecule has 0 spiro atoms. The van der Waals surface area contributed by atoms with Crippen molar-refractivity contribution in [2.75, 3.05) is 6.54 Å². The van der Waals surface area contributed by atoms with Crippen molar-refractivity contribution in [1.82, 2.24) is 14.4 Å². The van der Waals surface area contributed by atoms with Gasteiger partial charge in [0.05, 0.1) is 16.3 Å². The summed E-state index contributed by atoms with van der Waals surface area (Å²) in [5.74, 6) is 1.12. The zero-order valence-corrected chi connectivity index (χ0v) is 17.3. The predicted octanol–water partition coefficient (Wildman–Crippen LogP) is 4.52. The fourth-order valence-electron chi connectivity index (χ4n) is 2.68. The summed E-state index contributed by atoms with van der Waals surface area (Å²) in [6.45, 7) is 6.53. The van der Waals surface area contributed by atoms with Crippen LogP contribution in [0.3, 0.4) is 0 Å². The highest BCUT2D eigenvalue weighted by Gasteiger charge is 2.26. The van der Waals surface area contributed by atoms with Crippen LogP contribution in [0.2, 0.25) is 0 Å². The monoisotopic (exact) mass is 405 g/mol. The van der Waals surface area contributed by atoms with Crippen LogP contribution in [0, 0.1) is 0 Å². The van der Waals surface area contributed by atoms with Crippen molar-refractivity contribution in [1.29, 1.82) is 0 Å². The van der Waals surface area contributed by atoms with E-state index in [4.69, 9.17) is 4.52 Å². The molecule has 0 radical (unpaired) electrons. The van der Waals surface area contributed by atoms with Gasteiger partial charge in [0.25, 0.3) is 0 Å². The van der Waals surface area contributed by atoms with E-state index in [2.05, 4.69) is 24.0 Å². The van der Waals surface area contributed by atoms with E-state index in [0.29, 0.717) is 24.7 Å². The summed E-state index contributed by atoms with van der Waals surface area (Å²) in [4.78, 5) is 5.51. The molecule has 2 aromatic heterocycles. The summed E-state index contributed by atoms with van der Waals surface area (Å²) < 4.78 is 32.8. The second kappa shape index (κ2) is 8.33. The third-order valence-electron chi connectivity index (χ3n) is 4.18. The molecule has 3 aromatic rings. The number of aromatic nitrogens is 2. The molecule has 0 aliphatic carbocycles. The van der Waals surface area contributed by atoms with Gasteiger partial charge < -0.3 is 4.52 Å². The van der Waals surface area contributed by atoms with Crippen molar-refractivity contribution in [3.63, 3.8) is 0 Å². The molecule has 2 heterocycles. The molecule has 0 aliphatic heterocycles. The molecule has 0 amide bonds. The van der Waals surface area contributed by atoms with Crippen molar-refractivity contribution in [2.24, 2.45) is 0 Å². The van der Waals surface area contributed by atoms with Gasteiger partial charge in [0.1, 0.15) is 0 Å². The summed E-state index contributed by atoms with van der Waals surface area (Å²) in [7, 11) is -3.64. The van der Waals surface area contributed by atoms with Crippen molar-refractivity contribution in [2.45, 2.75) is 44.6 Å². The van der Waals surface area contributed by atoms with Crippen LogP contribution in [0.25, 0.3) is 10.7 Å². The zero-order chi connectivity index (χ0) is 19.4. The molecule has 6 nitrogen and oxygen atoms in total. The van der Waals surface area contributed by atoms with Gasteiger partial charge in [0, 0.05) is 6.54 Å². The molecule has 8 heteroatoms. The fraction of sp³-hybridized carbons (Fsp3) is 0.368. The molecule has 27 heavy (non-hydrogen) atoms. The first kappa shape index (κ1) is 19.7. The van der Waals surface area contributed by atoms with Crippen LogP contribution in [-0.4, -0.2) is 29.4 Å². The van der Waals surface area contributed by atoms with Gasteiger partial charge in [-0.05, 0) is 41.5 Å². The van der Waals surface area contributed by atoms with Crippen molar-refractivity contribution >= 4 is 21.4 Å². The number of nitrogens with zero attached hydrogens (tertiary/aromatic N) is 3. The Labute approximate surface area is 163 Å². The smallest absolute Gasteiger partial charge is 0.243 e. The third kappa shape index (κ3) is 4.45. The van der Waals surface area contributed by atoms with Gasteiger partial charge in [-0.3, -0.25) is 0 Å². The average molecular weight is 406 g/mol. The first-order valence-corrected chi connectivity index (χ1v) is 11.2.